The molecule has 1 aliphatic carbocycles. The Bertz CT molecular complexity index is 391. The topological polar surface area (TPSA) is 78.4 Å². The summed E-state index contributed by atoms with van der Waals surface area (Å²) in [5.74, 6) is -0.793. The van der Waals surface area contributed by atoms with Crippen molar-refractivity contribution in [1.82, 2.24) is 10.6 Å². The highest BCUT2D eigenvalue weighted by molar-refractivity contribution is 5.84. The lowest BCUT2D eigenvalue weighted by atomic mass is 9.71. The number of hydrogen-bond donors (Lipinski definition) is 3. The van der Waals surface area contributed by atoms with Crippen molar-refractivity contribution in [1.29, 1.82) is 0 Å². The highest BCUT2D eigenvalue weighted by Crippen LogP contribution is 2.37. The summed E-state index contributed by atoms with van der Waals surface area (Å²) in [6.07, 6.45) is 5.17. The van der Waals surface area contributed by atoms with Gasteiger partial charge in [-0.1, -0.05) is 12.8 Å². The second-order valence-electron chi connectivity index (χ2n) is 6.84. The van der Waals surface area contributed by atoms with E-state index in [-0.39, 0.29) is 11.9 Å². The Hall–Kier alpha value is -1.10. The van der Waals surface area contributed by atoms with Gasteiger partial charge in [0.05, 0.1) is 10.8 Å². The van der Waals surface area contributed by atoms with Crippen LogP contribution in [0.3, 0.4) is 0 Å². The molecule has 3 unspecified atom stereocenters. The van der Waals surface area contributed by atoms with Gasteiger partial charge in [0.25, 0.3) is 0 Å². The van der Waals surface area contributed by atoms with Gasteiger partial charge in [0, 0.05) is 12.6 Å². The highest BCUT2D eigenvalue weighted by atomic mass is 16.4. The van der Waals surface area contributed by atoms with Gasteiger partial charge in [0.15, 0.2) is 0 Å². The quantitative estimate of drug-likeness (QED) is 0.733. The molecule has 0 radical (unpaired) electrons. The molecule has 114 valence electrons. The van der Waals surface area contributed by atoms with E-state index in [2.05, 4.69) is 10.6 Å². The molecular formula is C15H26N2O3. The largest absolute Gasteiger partial charge is 0.481 e. The first-order valence-electron chi connectivity index (χ1n) is 7.64. The van der Waals surface area contributed by atoms with E-state index >= 15 is 0 Å². The number of carboxylic acid groups (broad SMARTS) is 1. The van der Waals surface area contributed by atoms with Crippen molar-refractivity contribution in [3.8, 4) is 0 Å². The molecule has 5 heteroatoms. The van der Waals surface area contributed by atoms with Crippen LogP contribution in [-0.4, -0.2) is 36.1 Å². The molecule has 5 nitrogen and oxygen atoms in total. The fraction of sp³-hybridized carbons (Fsp3) is 0.867. The van der Waals surface area contributed by atoms with Crippen molar-refractivity contribution >= 4 is 11.9 Å². The van der Waals surface area contributed by atoms with Crippen LogP contribution in [0, 0.1) is 10.8 Å². The van der Waals surface area contributed by atoms with Gasteiger partial charge in [-0.15, -0.1) is 0 Å². The lowest BCUT2D eigenvalue weighted by molar-refractivity contribution is -0.152. The number of rotatable bonds is 3. The monoisotopic (exact) mass is 282 g/mol. The van der Waals surface area contributed by atoms with E-state index in [0.29, 0.717) is 13.0 Å². The first kappa shape index (κ1) is 15.3. The van der Waals surface area contributed by atoms with E-state index < -0.39 is 16.8 Å². The number of amides is 1. The summed E-state index contributed by atoms with van der Waals surface area (Å²) in [6.45, 7) is 5.37. The Morgan fingerprint density at radius 3 is 2.55 bits per heavy atom. The summed E-state index contributed by atoms with van der Waals surface area (Å²) in [5.41, 5.74) is -1.23. The molecule has 3 atom stereocenters. The number of hydrogen-bond acceptors (Lipinski definition) is 3. The van der Waals surface area contributed by atoms with Crippen LogP contribution in [0.5, 0.6) is 0 Å². The van der Waals surface area contributed by atoms with Crippen LogP contribution in [0.2, 0.25) is 0 Å². The van der Waals surface area contributed by atoms with E-state index in [0.717, 1.165) is 38.6 Å². The molecular weight excluding hydrogens is 256 g/mol. The third kappa shape index (κ3) is 2.82. The highest BCUT2D eigenvalue weighted by Gasteiger charge is 2.46. The predicted octanol–water partition coefficient (Wildman–Crippen LogP) is 1.53. The van der Waals surface area contributed by atoms with Crippen molar-refractivity contribution in [2.24, 2.45) is 10.8 Å². The Balaban J connectivity index is 2.07. The number of carbonyl (C=O) groups is 2. The van der Waals surface area contributed by atoms with Crippen LogP contribution < -0.4 is 10.6 Å². The summed E-state index contributed by atoms with van der Waals surface area (Å²) >= 11 is 0. The van der Waals surface area contributed by atoms with Gasteiger partial charge in [-0.25, -0.2) is 0 Å². The lowest BCUT2D eigenvalue weighted by Crippen LogP contribution is -2.57. The molecule has 0 aromatic carbocycles. The molecule has 0 aromatic rings. The number of nitrogens with one attached hydrogen (secondary N) is 2. The zero-order chi connectivity index (χ0) is 14.8. The summed E-state index contributed by atoms with van der Waals surface area (Å²) in [7, 11) is 0. The van der Waals surface area contributed by atoms with Crippen molar-refractivity contribution < 1.29 is 14.7 Å². The van der Waals surface area contributed by atoms with E-state index in [1.807, 2.05) is 6.92 Å². The van der Waals surface area contributed by atoms with Crippen LogP contribution in [0.25, 0.3) is 0 Å². The molecule has 2 rings (SSSR count). The van der Waals surface area contributed by atoms with Crippen LogP contribution in [-0.2, 0) is 9.59 Å². The van der Waals surface area contributed by atoms with Gasteiger partial charge in [0.2, 0.25) is 5.91 Å². The maximum atomic E-state index is 12.6. The molecule has 3 N–H and O–H groups in total. The maximum absolute atomic E-state index is 12.6. The number of piperidine rings is 1. The van der Waals surface area contributed by atoms with Crippen molar-refractivity contribution in [3.63, 3.8) is 0 Å². The van der Waals surface area contributed by atoms with Crippen molar-refractivity contribution in [2.75, 3.05) is 13.1 Å². The van der Waals surface area contributed by atoms with E-state index in [1.54, 1.807) is 6.92 Å². The zero-order valence-corrected chi connectivity index (χ0v) is 12.5. The third-order valence-electron chi connectivity index (χ3n) is 5.15. The van der Waals surface area contributed by atoms with E-state index in [4.69, 9.17) is 0 Å². The second kappa shape index (κ2) is 5.72. The minimum absolute atomic E-state index is 0.00377. The van der Waals surface area contributed by atoms with Crippen LogP contribution in [0.4, 0.5) is 0 Å². The Morgan fingerprint density at radius 1 is 1.20 bits per heavy atom. The minimum Gasteiger partial charge on any atom is -0.481 e. The first-order chi connectivity index (χ1) is 9.38. The average molecular weight is 282 g/mol. The van der Waals surface area contributed by atoms with E-state index in [1.165, 1.54) is 0 Å². The Kier molecular flexibility index (Phi) is 4.37. The molecule has 0 bridgehead atoms. The third-order valence-corrected chi connectivity index (χ3v) is 5.15. The van der Waals surface area contributed by atoms with Gasteiger partial charge >= 0.3 is 5.97 Å². The molecule has 0 spiro atoms. The smallest absolute Gasteiger partial charge is 0.311 e. The first-order valence-corrected chi connectivity index (χ1v) is 7.64. The number of aliphatic carboxylic acids is 1. The molecule has 1 heterocycles. The molecule has 1 saturated carbocycles. The van der Waals surface area contributed by atoms with Crippen molar-refractivity contribution in [3.05, 3.63) is 0 Å². The number of carbonyl (C=O) groups excluding carboxylic acids is 1. The molecule has 2 aliphatic rings. The van der Waals surface area contributed by atoms with Crippen LogP contribution in [0.15, 0.2) is 0 Å². The Labute approximate surface area is 120 Å². The molecule has 0 aromatic heterocycles. The summed E-state index contributed by atoms with van der Waals surface area (Å²) in [6, 6.07) is -0.250. The van der Waals surface area contributed by atoms with Gasteiger partial charge in [-0.05, 0) is 46.1 Å². The second-order valence-corrected chi connectivity index (χ2v) is 6.84. The van der Waals surface area contributed by atoms with Gasteiger partial charge < -0.3 is 15.7 Å². The molecule has 1 saturated heterocycles. The molecule has 2 fully saturated rings. The van der Waals surface area contributed by atoms with Crippen LogP contribution >= 0.6 is 0 Å². The van der Waals surface area contributed by atoms with Gasteiger partial charge in [0.1, 0.15) is 0 Å². The normalized spacial score (nSPS) is 38.2. The van der Waals surface area contributed by atoms with E-state index in [9.17, 15) is 14.7 Å². The summed E-state index contributed by atoms with van der Waals surface area (Å²) < 4.78 is 0. The molecule has 1 aliphatic heterocycles. The maximum Gasteiger partial charge on any atom is 0.311 e. The molecule has 1 amide bonds. The molecule has 20 heavy (non-hydrogen) atoms. The zero-order valence-electron chi connectivity index (χ0n) is 12.5. The average Bonchev–Trinajstić information content (AvgIpc) is 2.42. The van der Waals surface area contributed by atoms with Crippen LogP contribution in [0.1, 0.15) is 52.4 Å². The lowest BCUT2D eigenvalue weighted by Gasteiger charge is -2.41. The summed E-state index contributed by atoms with van der Waals surface area (Å²) in [4.78, 5) is 24.1. The SMILES string of the molecule is CC1(C(=O)NC2CCCCC2(C)C(=O)O)CCCNC1. The van der Waals surface area contributed by atoms with Gasteiger partial charge in [-0.2, -0.15) is 0 Å². The fourth-order valence-corrected chi connectivity index (χ4v) is 3.40. The minimum atomic E-state index is -0.827. The Morgan fingerprint density at radius 2 is 1.95 bits per heavy atom. The standard InChI is InChI=1S/C15H26N2O3/c1-14(7-5-9-16-10-14)12(18)17-11-6-3-4-8-15(11,2)13(19)20/h11,16H,3-10H2,1-2H3,(H,17,18)(H,19,20). The fourth-order valence-electron chi connectivity index (χ4n) is 3.40. The predicted molar refractivity (Wildman–Crippen MR) is 76.4 cm³/mol. The number of carboxylic acids is 1. The summed E-state index contributed by atoms with van der Waals surface area (Å²) in [5, 5.41) is 15.8. The van der Waals surface area contributed by atoms with Crippen molar-refractivity contribution in [2.45, 2.75) is 58.4 Å². The van der Waals surface area contributed by atoms with Gasteiger partial charge in [-0.3, -0.25) is 9.59 Å².